The maximum atomic E-state index is 11.9. The van der Waals surface area contributed by atoms with E-state index >= 15 is 0 Å². The summed E-state index contributed by atoms with van der Waals surface area (Å²) in [5.74, 6) is -0.360. The summed E-state index contributed by atoms with van der Waals surface area (Å²) in [6, 6.07) is 3.39. The Kier molecular flexibility index (Phi) is 4.67. The Balaban J connectivity index is 1.84. The highest BCUT2D eigenvalue weighted by Crippen LogP contribution is 2.17. The van der Waals surface area contributed by atoms with E-state index in [1.165, 1.54) is 17.4 Å². The number of thiophene rings is 1. The summed E-state index contributed by atoms with van der Waals surface area (Å²) in [5.41, 5.74) is 0. The van der Waals surface area contributed by atoms with Gasteiger partial charge in [0.05, 0.1) is 4.88 Å². The number of carboxylic acids is 1. The van der Waals surface area contributed by atoms with Crippen LogP contribution in [0.5, 0.6) is 0 Å². The molecule has 0 aliphatic carbocycles. The van der Waals surface area contributed by atoms with Crippen LogP contribution in [0.3, 0.4) is 0 Å². The summed E-state index contributed by atoms with van der Waals surface area (Å²) in [4.78, 5) is 30.5. The van der Waals surface area contributed by atoms with E-state index in [-0.39, 0.29) is 5.91 Å². The van der Waals surface area contributed by atoms with Crippen molar-refractivity contribution < 1.29 is 14.7 Å². The molecule has 7 heteroatoms. The Morgan fingerprint density at radius 1 is 1.45 bits per heavy atom. The number of aromatic nitrogens is 2. The predicted molar refractivity (Wildman–Crippen MR) is 75.6 cm³/mol. The summed E-state index contributed by atoms with van der Waals surface area (Å²) >= 11 is 1.25. The number of hydrogen-bond acceptors (Lipinski definition) is 4. The van der Waals surface area contributed by atoms with E-state index in [0.29, 0.717) is 17.8 Å². The average molecular weight is 291 g/mol. The molecule has 0 aromatic carbocycles. The zero-order chi connectivity index (χ0) is 14.4. The molecule has 0 saturated heterocycles. The van der Waals surface area contributed by atoms with Crippen LogP contribution in [0.1, 0.15) is 20.4 Å². The van der Waals surface area contributed by atoms with Gasteiger partial charge in [0.2, 0.25) is 0 Å². The number of imidazole rings is 1. The fraction of sp³-hybridized carbons (Fsp3) is 0.154. The molecule has 0 atom stereocenters. The van der Waals surface area contributed by atoms with Crippen LogP contribution in [0, 0.1) is 0 Å². The van der Waals surface area contributed by atoms with Crippen LogP contribution in [0.15, 0.2) is 30.6 Å². The number of rotatable bonds is 6. The number of carbonyl (C=O) groups excluding carboxylic acids is 1. The van der Waals surface area contributed by atoms with Crippen LogP contribution in [0.2, 0.25) is 0 Å². The number of nitrogens with zero attached hydrogens (tertiary/aromatic N) is 1. The number of amides is 1. The number of carboxylic acid groups (broad SMARTS) is 1. The van der Waals surface area contributed by atoms with Crippen molar-refractivity contribution in [2.75, 3.05) is 6.54 Å². The lowest BCUT2D eigenvalue weighted by Gasteiger charge is -2.01. The number of aromatic amines is 1. The first kappa shape index (κ1) is 14.0. The Morgan fingerprint density at radius 3 is 3.00 bits per heavy atom. The molecule has 20 heavy (non-hydrogen) atoms. The predicted octanol–water partition coefficient (Wildman–Crippen LogP) is 1.54. The molecule has 0 fully saturated rings. The Hall–Kier alpha value is -2.41. The summed E-state index contributed by atoms with van der Waals surface area (Å²) in [6.45, 7) is 0.491. The van der Waals surface area contributed by atoms with Crippen molar-refractivity contribution in [2.24, 2.45) is 0 Å². The topological polar surface area (TPSA) is 95.1 Å². The van der Waals surface area contributed by atoms with E-state index in [9.17, 15) is 9.59 Å². The first-order chi connectivity index (χ1) is 9.65. The van der Waals surface area contributed by atoms with E-state index < -0.39 is 5.97 Å². The third kappa shape index (κ3) is 4.06. The van der Waals surface area contributed by atoms with Gasteiger partial charge in [0.25, 0.3) is 5.91 Å². The number of H-pyrrole nitrogens is 1. The minimum Gasteiger partial charge on any atom is -0.478 e. The maximum absolute atomic E-state index is 11.9. The van der Waals surface area contributed by atoms with Gasteiger partial charge in [0, 0.05) is 36.3 Å². The molecule has 0 bridgehead atoms. The second-order valence-electron chi connectivity index (χ2n) is 3.92. The van der Waals surface area contributed by atoms with E-state index in [2.05, 4.69) is 15.3 Å². The maximum Gasteiger partial charge on any atom is 0.328 e. The summed E-state index contributed by atoms with van der Waals surface area (Å²) in [7, 11) is 0. The largest absolute Gasteiger partial charge is 0.478 e. The van der Waals surface area contributed by atoms with Gasteiger partial charge in [-0.2, -0.15) is 0 Å². The van der Waals surface area contributed by atoms with Gasteiger partial charge < -0.3 is 15.4 Å². The molecule has 6 nitrogen and oxygen atoms in total. The average Bonchev–Trinajstić information content (AvgIpc) is 3.07. The smallest absolute Gasteiger partial charge is 0.328 e. The molecule has 1 amide bonds. The standard InChI is InChI=1S/C13H13N3O3S/c17-12(18)4-2-9-1-3-10(20-9)13(19)16-6-5-11-14-7-8-15-11/h1-4,7-8H,5-6H2,(H,14,15)(H,16,19)(H,17,18)/b4-2+. The number of nitrogens with one attached hydrogen (secondary N) is 2. The van der Waals surface area contributed by atoms with E-state index in [4.69, 9.17) is 5.11 Å². The molecule has 0 unspecified atom stereocenters. The normalized spacial score (nSPS) is 10.8. The second-order valence-corrected chi connectivity index (χ2v) is 5.03. The van der Waals surface area contributed by atoms with Crippen LogP contribution in [0.4, 0.5) is 0 Å². The lowest BCUT2D eigenvalue weighted by molar-refractivity contribution is -0.131. The van der Waals surface area contributed by atoms with Crippen LogP contribution in [-0.2, 0) is 11.2 Å². The van der Waals surface area contributed by atoms with E-state index in [0.717, 1.165) is 16.8 Å². The van der Waals surface area contributed by atoms with Gasteiger partial charge in [-0.3, -0.25) is 4.79 Å². The molecule has 104 valence electrons. The SMILES string of the molecule is O=C(O)/C=C/c1ccc(C(=O)NCCc2ncc[nH]2)s1. The minimum atomic E-state index is -1.01. The quantitative estimate of drug-likeness (QED) is 0.704. The molecular weight excluding hydrogens is 278 g/mol. The Bertz CT molecular complexity index is 617. The molecule has 0 spiro atoms. The zero-order valence-corrected chi connectivity index (χ0v) is 11.3. The van der Waals surface area contributed by atoms with Gasteiger partial charge in [0.15, 0.2) is 0 Å². The molecule has 2 rings (SSSR count). The van der Waals surface area contributed by atoms with Gasteiger partial charge in [-0.1, -0.05) is 0 Å². The van der Waals surface area contributed by atoms with Crippen molar-refractivity contribution in [2.45, 2.75) is 6.42 Å². The second kappa shape index (κ2) is 6.67. The number of aliphatic carboxylic acids is 1. The first-order valence-corrected chi connectivity index (χ1v) is 6.74. The zero-order valence-electron chi connectivity index (χ0n) is 10.5. The Labute approximate surface area is 119 Å². The fourth-order valence-electron chi connectivity index (χ4n) is 1.53. The van der Waals surface area contributed by atoms with Crippen molar-refractivity contribution >= 4 is 29.3 Å². The lowest BCUT2D eigenvalue weighted by Crippen LogP contribution is -2.25. The van der Waals surface area contributed by atoms with Crippen molar-refractivity contribution in [3.63, 3.8) is 0 Å². The lowest BCUT2D eigenvalue weighted by atomic mass is 10.3. The van der Waals surface area contributed by atoms with Crippen molar-refractivity contribution in [1.29, 1.82) is 0 Å². The molecule has 2 aromatic rings. The highest BCUT2D eigenvalue weighted by molar-refractivity contribution is 7.14. The van der Waals surface area contributed by atoms with Crippen LogP contribution < -0.4 is 5.32 Å². The monoisotopic (exact) mass is 291 g/mol. The minimum absolute atomic E-state index is 0.170. The molecule has 2 aromatic heterocycles. The van der Waals surface area contributed by atoms with Gasteiger partial charge in [-0.15, -0.1) is 11.3 Å². The third-order valence-electron chi connectivity index (χ3n) is 2.44. The molecule has 0 aliphatic rings. The third-order valence-corrected chi connectivity index (χ3v) is 3.49. The summed E-state index contributed by atoms with van der Waals surface area (Å²) in [6.07, 6.45) is 6.54. The van der Waals surface area contributed by atoms with Crippen molar-refractivity contribution in [3.8, 4) is 0 Å². The molecule has 2 heterocycles. The van der Waals surface area contributed by atoms with Gasteiger partial charge in [0.1, 0.15) is 5.82 Å². The fourth-order valence-corrected chi connectivity index (χ4v) is 2.36. The van der Waals surface area contributed by atoms with Crippen LogP contribution in [-0.4, -0.2) is 33.5 Å². The van der Waals surface area contributed by atoms with Crippen molar-refractivity contribution in [3.05, 3.63) is 46.2 Å². The molecule has 0 aliphatic heterocycles. The summed E-state index contributed by atoms with van der Waals surface area (Å²) in [5, 5.41) is 11.3. The Morgan fingerprint density at radius 2 is 2.30 bits per heavy atom. The van der Waals surface area contributed by atoms with E-state index in [1.54, 1.807) is 24.5 Å². The van der Waals surface area contributed by atoms with E-state index in [1.807, 2.05) is 0 Å². The molecular formula is C13H13N3O3S. The molecule has 3 N–H and O–H groups in total. The van der Waals surface area contributed by atoms with Crippen LogP contribution >= 0.6 is 11.3 Å². The highest BCUT2D eigenvalue weighted by Gasteiger charge is 2.08. The van der Waals surface area contributed by atoms with Gasteiger partial charge in [-0.05, 0) is 18.2 Å². The van der Waals surface area contributed by atoms with Crippen molar-refractivity contribution in [1.82, 2.24) is 15.3 Å². The molecule has 0 saturated carbocycles. The number of carbonyl (C=O) groups is 2. The number of hydrogen-bond donors (Lipinski definition) is 3. The first-order valence-electron chi connectivity index (χ1n) is 5.92. The summed E-state index contributed by atoms with van der Waals surface area (Å²) < 4.78 is 0. The van der Waals surface area contributed by atoms with Gasteiger partial charge >= 0.3 is 5.97 Å². The van der Waals surface area contributed by atoms with Gasteiger partial charge in [-0.25, -0.2) is 9.78 Å². The molecule has 0 radical (unpaired) electrons. The highest BCUT2D eigenvalue weighted by atomic mass is 32.1. The van der Waals surface area contributed by atoms with Crippen LogP contribution in [0.25, 0.3) is 6.08 Å².